The van der Waals surface area contributed by atoms with Crippen LogP contribution in [0.3, 0.4) is 0 Å². The van der Waals surface area contributed by atoms with E-state index in [2.05, 4.69) is 45.0 Å². The molecule has 0 bridgehead atoms. The van der Waals surface area contributed by atoms with E-state index >= 15 is 0 Å². The number of benzene rings is 1. The molecule has 1 aromatic carbocycles. The number of nitrogens with two attached hydrogens (primary N) is 1. The lowest BCUT2D eigenvalue weighted by Gasteiger charge is -2.22. The van der Waals surface area contributed by atoms with E-state index in [0.717, 1.165) is 52.7 Å². The molecule has 0 aliphatic heterocycles. The van der Waals surface area contributed by atoms with Gasteiger partial charge in [-0.2, -0.15) is 0 Å². The van der Waals surface area contributed by atoms with Gasteiger partial charge in [-0.3, -0.25) is 0 Å². The van der Waals surface area contributed by atoms with Gasteiger partial charge in [-0.1, -0.05) is 45.0 Å². The summed E-state index contributed by atoms with van der Waals surface area (Å²) in [5.74, 6) is -0.361. The van der Waals surface area contributed by atoms with E-state index in [1.54, 1.807) is 6.92 Å². The van der Waals surface area contributed by atoms with Crippen LogP contribution in [0.4, 0.5) is 5.69 Å². The van der Waals surface area contributed by atoms with Gasteiger partial charge in [0.05, 0.1) is 12.3 Å². The third kappa shape index (κ3) is 3.52. The SMILES string of the molecule is CCOC(=O)c1sc2nc3c(c(-c4ccc(C(C)(C)C)cc4)c2c1N)CCCC3. The number of nitrogen functional groups attached to an aromatic ring is 1. The zero-order chi connectivity index (χ0) is 20.8. The highest BCUT2D eigenvalue weighted by molar-refractivity contribution is 7.21. The molecule has 0 amide bonds. The van der Waals surface area contributed by atoms with Crippen molar-refractivity contribution in [1.82, 2.24) is 4.98 Å². The molecule has 0 radical (unpaired) electrons. The van der Waals surface area contributed by atoms with Crippen molar-refractivity contribution >= 4 is 33.2 Å². The lowest BCUT2D eigenvalue weighted by Crippen LogP contribution is -2.11. The average molecular weight is 409 g/mol. The number of ether oxygens (including phenoxy) is 1. The molecule has 2 N–H and O–H groups in total. The molecule has 2 aromatic heterocycles. The predicted octanol–water partition coefficient (Wildman–Crippen LogP) is 5.90. The fourth-order valence-electron chi connectivity index (χ4n) is 4.11. The molecule has 1 aliphatic carbocycles. The van der Waals surface area contributed by atoms with Crippen LogP contribution in [0.25, 0.3) is 21.3 Å². The van der Waals surface area contributed by atoms with Crippen LogP contribution in [0, 0.1) is 0 Å². The molecule has 2 heterocycles. The van der Waals surface area contributed by atoms with Crippen molar-refractivity contribution in [2.45, 2.75) is 58.8 Å². The zero-order valence-electron chi connectivity index (χ0n) is 17.6. The second kappa shape index (κ2) is 7.45. The Kier molecular flexibility index (Phi) is 5.11. The van der Waals surface area contributed by atoms with Crippen LogP contribution >= 0.6 is 11.3 Å². The molecule has 4 rings (SSSR count). The summed E-state index contributed by atoms with van der Waals surface area (Å²) in [7, 11) is 0. The zero-order valence-corrected chi connectivity index (χ0v) is 18.4. The average Bonchev–Trinajstić information content (AvgIpc) is 3.02. The van der Waals surface area contributed by atoms with E-state index in [4.69, 9.17) is 15.5 Å². The first-order valence-corrected chi connectivity index (χ1v) is 11.1. The first-order valence-electron chi connectivity index (χ1n) is 10.3. The van der Waals surface area contributed by atoms with Crippen LogP contribution < -0.4 is 5.73 Å². The Morgan fingerprint density at radius 1 is 1.17 bits per heavy atom. The molecule has 1 aliphatic rings. The van der Waals surface area contributed by atoms with Crippen molar-refractivity contribution in [2.75, 3.05) is 12.3 Å². The van der Waals surface area contributed by atoms with Crippen molar-refractivity contribution in [3.05, 3.63) is 46.0 Å². The molecule has 0 saturated heterocycles. The van der Waals surface area contributed by atoms with Gasteiger partial charge in [0.25, 0.3) is 0 Å². The van der Waals surface area contributed by atoms with E-state index in [-0.39, 0.29) is 11.4 Å². The topological polar surface area (TPSA) is 65.2 Å². The quantitative estimate of drug-likeness (QED) is 0.548. The van der Waals surface area contributed by atoms with Crippen LogP contribution in [0.1, 0.15) is 67.0 Å². The number of fused-ring (bicyclic) bond motifs is 2. The number of hydrogen-bond donors (Lipinski definition) is 1. The molecule has 5 heteroatoms. The second-order valence-electron chi connectivity index (χ2n) is 8.69. The minimum Gasteiger partial charge on any atom is -0.462 e. The Balaban J connectivity index is 1.97. The lowest BCUT2D eigenvalue weighted by atomic mass is 9.84. The Morgan fingerprint density at radius 2 is 1.86 bits per heavy atom. The molecule has 3 aromatic rings. The number of thiophene rings is 1. The molecule has 0 atom stereocenters. The minimum atomic E-state index is -0.361. The summed E-state index contributed by atoms with van der Waals surface area (Å²) in [6.07, 6.45) is 4.28. The number of hydrogen-bond acceptors (Lipinski definition) is 5. The lowest BCUT2D eigenvalue weighted by molar-refractivity contribution is 0.0533. The fourth-order valence-corrected chi connectivity index (χ4v) is 5.13. The van der Waals surface area contributed by atoms with Gasteiger partial charge >= 0.3 is 5.97 Å². The van der Waals surface area contributed by atoms with E-state index in [9.17, 15) is 4.79 Å². The molecule has 29 heavy (non-hydrogen) atoms. The first-order chi connectivity index (χ1) is 13.8. The van der Waals surface area contributed by atoms with Gasteiger partial charge in [0.15, 0.2) is 0 Å². The maximum absolute atomic E-state index is 12.4. The highest BCUT2D eigenvalue weighted by Crippen LogP contribution is 2.44. The van der Waals surface area contributed by atoms with Gasteiger partial charge in [-0.15, -0.1) is 11.3 Å². The summed E-state index contributed by atoms with van der Waals surface area (Å²) in [4.78, 5) is 18.6. The molecule has 0 unspecified atom stereocenters. The molecule has 0 spiro atoms. The Labute approximate surface area is 176 Å². The smallest absolute Gasteiger partial charge is 0.350 e. The van der Waals surface area contributed by atoms with Gasteiger partial charge in [0.1, 0.15) is 9.71 Å². The number of nitrogens with zero attached hydrogens (tertiary/aromatic N) is 1. The van der Waals surface area contributed by atoms with Gasteiger partial charge in [0.2, 0.25) is 0 Å². The van der Waals surface area contributed by atoms with E-state index in [1.165, 1.54) is 22.5 Å². The van der Waals surface area contributed by atoms with Crippen LogP contribution in [-0.4, -0.2) is 17.6 Å². The van der Waals surface area contributed by atoms with Crippen molar-refractivity contribution in [2.24, 2.45) is 0 Å². The van der Waals surface area contributed by atoms with E-state index in [1.807, 2.05) is 0 Å². The van der Waals surface area contributed by atoms with Crippen molar-refractivity contribution in [3.63, 3.8) is 0 Å². The molecular weight excluding hydrogens is 380 g/mol. The number of carbonyl (C=O) groups is 1. The van der Waals surface area contributed by atoms with E-state index < -0.39 is 0 Å². The summed E-state index contributed by atoms with van der Waals surface area (Å²) in [6, 6.07) is 8.77. The Bertz CT molecular complexity index is 1080. The summed E-state index contributed by atoms with van der Waals surface area (Å²) < 4.78 is 5.23. The monoisotopic (exact) mass is 408 g/mol. The maximum Gasteiger partial charge on any atom is 0.350 e. The summed E-state index contributed by atoms with van der Waals surface area (Å²) in [5, 5.41) is 0.905. The predicted molar refractivity (Wildman–Crippen MR) is 121 cm³/mol. The van der Waals surface area contributed by atoms with Crippen molar-refractivity contribution in [3.8, 4) is 11.1 Å². The largest absolute Gasteiger partial charge is 0.462 e. The van der Waals surface area contributed by atoms with Gasteiger partial charge in [-0.25, -0.2) is 9.78 Å². The second-order valence-corrected chi connectivity index (χ2v) is 9.69. The van der Waals surface area contributed by atoms with Crippen LogP contribution in [0.5, 0.6) is 0 Å². The molecule has 152 valence electrons. The summed E-state index contributed by atoms with van der Waals surface area (Å²) in [5.41, 5.74) is 13.1. The fraction of sp³-hybridized carbons (Fsp3) is 0.417. The van der Waals surface area contributed by atoms with Crippen LogP contribution in [0.15, 0.2) is 24.3 Å². The number of pyridine rings is 1. The number of aromatic nitrogens is 1. The van der Waals surface area contributed by atoms with Gasteiger partial charge in [-0.05, 0) is 60.3 Å². The summed E-state index contributed by atoms with van der Waals surface area (Å²) in [6.45, 7) is 8.79. The summed E-state index contributed by atoms with van der Waals surface area (Å²) >= 11 is 1.35. The number of esters is 1. The van der Waals surface area contributed by atoms with Crippen LogP contribution in [0.2, 0.25) is 0 Å². The van der Waals surface area contributed by atoms with E-state index in [0.29, 0.717) is 17.2 Å². The van der Waals surface area contributed by atoms with Crippen molar-refractivity contribution < 1.29 is 9.53 Å². The number of rotatable bonds is 3. The Morgan fingerprint density at radius 3 is 2.52 bits per heavy atom. The van der Waals surface area contributed by atoms with Gasteiger partial charge in [0, 0.05) is 11.1 Å². The first kappa shape index (κ1) is 19.9. The number of aryl methyl sites for hydroxylation is 1. The van der Waals surface area contributed by atoms with Crippen LogP contribution in [-0.2, 0) is 23.0 Å². The third-order valence-corrected chi connectivity index (χ3v) is 6.73. The molecule has 0 saturated carbocycles. The maximum atomic E-state index is 12.4. The minimum absolute atomic E-state index is 0.101. The highest BCUT2D eigenvalue weighted by atomic mass is 32.1. The van der Waals surface area contributed by atoms with Gasteiger partial charge < -0.3 is 10.5 Å². The molecule has 0 fully saturated rings. The molecular formula is C24H28N2O2S. The van der Waals surface area contributed by atoms with Crippen molar-refractivity contribution in [1.29, 1.82) is 0 Å². The third-order valence-electron chi connectivity index (χ3n) is 5.65. The normalized spacial score (nSPS) is 14.1. The number of anilines is 1. The Hall–Kier alpha value is -2.40. The highest BCUT2D eigenvalue weighted by Gasteiger charge is 2.26. The molecule has 4 nitrogen and oxygen atoms in total. The number of carbonyl (C=O) groups excluding carboxylic acids is 1. The standard InChI is InChI=1S/C24H28N2O2S/c1-5-28-23(27)21-20(25)19-18(14-10-12-15(13-11-14)24(2,3)4)16-8-6-7-9-17(16)26-22(19)29-21/h10-13H,5-9,25H2,1-4H3.